The molecule has 0 spiro atoms. The number of carboxylic acid groups (broad SMARTS) is 1. The number of aromatic carboxylic acids is 1. The Morgan fingerprint density at radius 1 is 1.35 bits per heavy atom. The van der Waals surface area contributed by atoms with Gasteiger partial charge in [-0.2, -0.15) is 0 Å². The average molecular weight is 277 g/mol. The number of aryl methyl sites for hydroxylation is 1. The second-order valence-electron chi connectivity index (χ2n) is 4.62. The summed E-state index contributed by atoms with van der Waals surface area (Å²) in [6.07, 6.45) is 1.05. The van der Waals surface area contributed by atoms with Gasteiger partial charge < -0.3 is 20.3 Å². The molecule has 1 heterocycles. The second kappa shape index (κ2) is 5.34. The number of phenolic OH excluding ortho intramolecular Hbond substituents is 1. The van der Waals surface area contributed by atoms with Crippen molar-refractivity contribution in [2.24, 2.45) is 0 Å². The highest BCUT2D eigenvalue weighted by Gasteiger charge is 2.16. The Bertz CT molecular complexity index is 732. The third-order valence-electron chi connectivity index (χ3n) is 3.22. The van der Waals surface area contributed by atoms with Gasteiger partial charge in [0.25, 0.3) is 0 Å². The zero-order valence-corrected chi connectivity index (χ0v) is 10.9. The van der Waals surface area contributed by atoms with Gasteiger partial charge in [0.1, 0.15) is 11.4 Å². The van der Waals surface area contributed by atoms with Crippen molar-refractivity contribution in [3.05, 3.63) is 39.2 Å². The topological polar surface area (TPSA) is 111 Å². The predicted octanol–water partition coefficient (Wildman–Crippen LogP) is 1.17. The standard InChI is InChI=1S/C14H15NO5/c1-7-11(14(19)20)15-12-9(13(7)18)5-8(3-2-4-16)6-10(12)17/h5-6,16-17H,2-4H2,1H3,(H,15,18)(H,19,20). The van der Waals surface area contributed by atoms with Crippen molar-refractivity contribution in [2.45, 2.75) is 19.8 Å². The zero-order valence-electron chi connectivity index (χ0n) is 10.9. The molecule has 0 saturated carbocycles. The number of aliphatic hydroxyl groups excluding tert-OH is 1. The monoisotopic (exact) mass is 277 g/mol. The maximum Gasteiger partial charge on any atom is 0.352 e. The molecule has 0 unspecified atom stereocenters. The van der Waals surface area contributed by atoms with E-state index in [1.165, 1.54) is 13.0 Å². The fraction of sp³-hybridized carbons (Fsp3) is 0.286. The molecule has 106 valence electrons. The lowest BCUT2D eigenvalue weighted by Crippen LogP contribution is -2.15. The number of fused-ring (bicyclic) bond motifs is 1. The van der Waals surface area contributed by atoms with Crippen LogP contribution in [-0.4, -0.2) is 32.9 Å². The summed E-state index contributed by atoms with van der Waals surface area (Å²) in [6.45, 7) is 1.45. The number of H-pyrrole nitrogens is 1. The highest BCUT2D eigenvalue weighted by molar-refractivity contribution is 5.93. The van der Waals surface area contributed by atoms with E-state index in [0.717, 1.165) is 5.56 Å². The van der Waals surface area contributed by atoms with E-state index in [9.17, 15) is 14.7 Å². The summed E-state index contributed by atoms with van der Waals surface area (Å²) in [5, 5.41) is 28.0. The molecule has 2 aromatic rings. The summed E-state index contributed by atoms with van der Waals surface area (Å²) in [5.41, 5.74) is 0.296. The van der Waals surface area contributed by atoms with Crippen LogP contribution in [0.1, 0.15) is 28.0 Å². The Morgan fingerprint density at radius 3 is 2.65 bits per heavy atom. The Kier molecular flexibility index (Phi) is 3.76. The number of aromatic nitrogens is 1. The number of phenols is 1. The Hall–Kier alpha value is -2.34. The van der Waals surface area contributed by atoms with E-state index in [1.807, 2.05) is 0 Å². The van der Waals surface area contributed by atoms with Gasteiger partial charge in [-0.15, -0.1) is 0 Å². The number of pyridine rings is 1. The molecule has 0 aliphatic rings. The Labute approximate surface area is 114 Å². The van der Waals surface area contributed by atoms with Crippen molar-refractivity contribution in [2.75, 3.05) is 6.61 Å². The predicted molar refractivity (Wildman–Crippen MR) is 73.3 cm³/mol. The third kappa shape index (κ3) is 2.37. The molecule has 0 aliphatic carbocycles. The van der Waals surface area contributed by atoms with Crippen LogP contribution in [0.5, 0.6) is 5.75 Å². The lowest BCUT2D eigenvalue weighted by Gasteiger charge is -2.08. The summed E-state index contributed by atoms with van der Waals surface area (Å²) < 4.78 is 0. The smallest absolute Gasteiger partial charge is 0.352 e. The van der Waals surface area contributed by atoms with Crippen LogP contribution in [0.15, 0.2) is 16.9 Å². The van der Waals surface area contributed by atoms with Gasteiger partial charge in [-0.25, -0.2) is 4.79 Å². The van der Waals surface area contributed by atoms with Crippen LogP contribution >= 0.6 is 0 Å². The largest absolute Gasteiger partial charge is 0.506 e. The molecule has 0 fully saturated rings. The van der Waals surface area contributed by atoms with E-state index in [-0.39, 0.29) is 34.5 Å². The van der Waals surface area contributed by atoms with E-state index in [2.05, 4.69) is 4.98 Å². The number of aliphatic hydroxyl groups is 1. The van der Waals surface area contributed by atoms with Crippen LogP contribution < -0.4 is 5.43 Å². The minimum Gasteiger partial charge on any atom is -0.506 e. The van der Waals surface area contributed by atoms with Gasteiger partial charge >= 0.3 is 5.97 Å². The van der Waals surface area contributed by atoms with Crippen molar-refractivity contribution in [3.8, 4) is 5.75 Å². The molecule has 0 amide bonds. The summed E-state index contributed by atoms with van der Waals surface area (Å²) >= 11 is 0. The van der Waals surface area contributed by atoms with Gasteiger partial charge in [-0.3, -0.25) is 4.79 Å². The van der Waals surface area contributed by atoms with Gasteiger partial charge in [0.05, 0.1) is 5.52 Å². The number of aromatic amines is 1. The van der Waals surface area contributed by atoms with Gasteiger partial charge in [-0.05, 0) is 37.5 Å². The highest BCUT2D eigenvalue weighted by Crippen LogP contribution is 2.24. The number of benzene rings is 1. The number of carbonyl (C=O) groups is 1. The molecule has 6 heteroatoms. The molecule has 2 rings (SSSR count). The summed E-state index contributed by atoms with van der Waals surface area (Å²) in [5.74, 6) is -1.42. The normalized spacial score (nSPS) is 10.9. The van der Waals surface area contributed by atoms with Crippen LogP contribution in [0.25, 0.3) is 10.9 Å². The molecule has 1 aromatic carbocycles. The number of aromatic hydroxyl groups is 1. The van der Waals surface area contributed by atoms with Gasteiger partial charge in [-0.1, -0.05) is 0 Å². The first-order chi connectivity index (χ1) is 9.45. The van der Waals surface area contributed by atoms with Crippen molar-refractivity contribution in [1.29, 1.82) is 0 Å². The third-order valence-corrected chi connectivity index (χ3v) is 3.22. The van der Waals surface area contributed by atoms with Gasteiger partial charge in [0.15, 0.2) is 5.43 Å². The molecule has 1 aromatic heterocycles. The Morgan fingerprint density at radius 2 is 2.05 bits per heavy atom. The zero-order chi connectivity index (χ0) is 14.9. The van der Waals surface area contributed by atoms with Gasteiger partial charge in [0, 0.05) is 17.6 Å². The number of hydrogen-bond donors (Lipinski definition) is 4. The quantitative estimate of drug-likeness (QED) is 0.670. The molecule has 4 N–H and O–H groups in total. The fourth-order valence-electron chi connectivity index (χ4n) is 2.17. The number of rotatable bonds is 4. The molecule has 0 saturated heterocycles. The van der Waals surface area contributed by atoms with E-state index >= 15 is 0 Å². The lowest BCUT2D eigenvalue weighted by molar-refractivity contribution is 0.0690. The maximum atomic E-state index is 12.2. The molecule has 6 nitrogen and oxygen atoms in total. The number of hydrogen-bond acceptors (Lipinski definition) is 4. The van der Waals surface area contributed by atoms with Crippen LogP contribution in [0, 0.1) is 6.92 Å². The first kappa shape index (κ1) is 14.1. The second-order valence-corrected chi connectivity index (χ2v) is 4.62. The van der Waals surface area contributed by atoms with Crippen molar-refractivity contribution in [1.82, 2.24) is 4.98 Å². The molecular weight excluding hydrogens is 262 g/mol. The maximum absolute atomic E-state index is 12.2. The summed E-state index contributed by atoms with van der Waals surface area (Å²) in [7, 11) is 0. The number of nitrogens with one attached hydrogen (secondary N) is 1. The van der Waals surface area contributed by atoms with Crippen LogP contribution in [0.2, 0.25) is 0 Å². The van der Waals surface area contributed by atoms with Crippen molar-refractivity contribution in [3.63, 3.8) is 0 Å². The molecule has 0 radical (unpaired) electrons. The molecule has 20 heavy (non-hydrogen) atoms. The average Bonchev–Trinajstić information content (AvgIpc) is 2.40. The van der Waals surface area contributed by atoms with Crippen LogP contribution in [-0.2, 0) is 6.42 Å². The van der Waals surface area contributed by atoms with Crippen LogP contribution in [0.4, 0.5) is 0 Å². The minimum absolute atomic E-state index is 0.0200. The first-order valence-corrected chi connectivity index (χ1v) is 6.18. The first-order valence-electron chi connectivity index (χ1n) is 6.18. The lowest BCUT2D eigenvalue weighted by atomic mass is 10.0. The van der Waals surface area contributed by atoms with Crippen LogP contribution in [0.3, 0.4) is 0 Å². The molecule has 0 bridgehead atoms. The van der Waals surface area contributed by atoms with Gasteiger partial charge in [0.2, 0.25) is 0 Å². The molecule has 0 aliphatic heterocycles. The molecular formula is C14H15NO5. The summed E-state index contributed by atoms with van der Waals surface area (Å²) in [4.78, 5) is 25.8. The van der Waals surface area contributed by atoms with E-state index in [0.29, 0.717) is 12.8 Å². The van der Waals surface area contributed by atoms with E-state index in [4.69, 9.17) is 10.2 Å². The number of carboxylic acids is 1. The SMILES string of the molecule is Cc1c(C(=O)O)[nH]c2c(O)cc(CCCO)cc2c1=O. The molecule has 0 atom stereocenters. The Balaban J connectivity index is 2.72. The fourth-order valence-corrected chi connectivity index (χ4v) is 2.17. The van der Waals surface area contributed by atoms with Crippen molar-refractivity contribution < 1.29 is 20.1 Å². The van der Waals surface area contributed by atoms with Crippen molar-refractivity contribution >= 4 is 16.9 Å². The highest BCUT2D eigenvalue weighted by atomic mass is 16.4. The van der Waals surface area contributed by atoms with E-state index in [1.54, 1.807) is 6.07 Å². The summed E-state index contributed by atoms with van der Waals surface area (Å²) in [6, 6.07) is 3.08. The van der Waals surface area contributed by atoms with E-state index < -0.39 is 11.4 Å². The minimum atomic E-state index is -1.25.